The molecule has 0 aliphatic carbocycles. The molecule has 8 heteroatoms. The average molecular weight is 343 g/mol. The van der Waals surface area contributed by atoms with Gasteiger partial charge in [-0.2, -0.15) is 5.10 Å². The van der Waals surface area contributed by atoms with Gasteiger partial charge in [-0.1, -0.05) is 23.2 Å². The lowest BCUT2D eigenvalue weighted by Crippen LogP contribution is -2.40. The maximum Gasteiger partial charge on any atom is 0.319 e. The Kier molecular flexibility index (Phi) is 4.95. The molecular weight excluding hydrogens is 327 g/mol. The summed E-state index contributed by atoms with van der Waals surface area (Å²) in [5, 5.41) is 20.4. The fourth-order valence-corrected chi connectivity index (χ4v) is 2.15. The number of aromatic nitrogens is 2. The molecule has 3 N–H and O–H groups in total. The number of nitrogens with one attached hydrogen (secondary N) is 2. The lowest BCUT2D eigenvalue weighted by Gasteiger charge is -2.22. The van der Waals surface area contributed by atoms with E-state index in [1.165, 1.54) is 0 Å². The van der Waals surface area contributed by atoms with Gasteiger partial charge in [0.25, 0.3) is 0 Å². The second kappa shape index (κ2) is 6.56. The number of anilines is 1. The summed E-state index contributed by atoms with van der Waals surface area (Å²) in [6, 6.07) is 4.27. The highest BCUT2D eigenvalue weighted by molar-refractivity contribution is 6.35. The van der Waals surface area contributed by atoms with Crippen molar-refractivity contribution in [2.24, 2.45) is 7.05 Å². The number of rotatable bonds is 4. The van der Waals surface area contributed by atoms with E-state index in [0.29, 0.717) is 21.3 Å². The van der Waals surface area contributed by atoms with Crippen molar-refractivity contribution in [1.29, 1.82) is 0 Å². The Morgan fingerprint density at radius 2 is 2.18 bits per heavy atom. The topological polar surface area (TPSA) is 79.2 Å². The van der Waals surface area contributed by atoms with E-state index in [1.54, 1.807) is 49.2 Å². The molecule has 0 unspecified atom stereocenters. The van der Waals surface area contributed by atoms with Crippen LogP contribution in [0.15, 0.2) is 30.6 Å². The summed E-state index contributed by atoms with van der Waals surface area (Å²) in [5.41, 5.74) is -0.229. The van der Waals surface area contributed by atoms with E-state index in [4.69, 9.17) is 23.2 Å². The fourth-order valence-electron chi connectivity index (χ4n) is 1.81. The smallest absolute Gasteiger partial charge is 0.319 e. The van der Waals surface area contributed by atoms with Crippen LogP contribution in [-0.2, 0) is 12.6 Å². The van der Waals surface area contributed by atoms with E-state index in [1.807, 2.05) is 0 Å². The third-order valence-electron chi connectivity index (χ3n) is 3.10. The Hall–Kier alpha value is -1.76. The molecule has 0 saturated heterocycles. The van der Waals surface area contributed by atoms with Crippen LogP contribution in [0.1, 0.15) is 12.5 Å². The van der Waals surface area contributed by atoms with Gasteiger partial charge in [0.05, 0.1) is 23.5 Å². The van der Waals surface area contributed by atoms with Crippen LogP contribution < -0.4 is 10.6 Å². The van der Waals surface area contributed by atoms with Gasteiger partial charge in [-0.25, -0.2) is 4.79 Å². The molecule has 0 fully saturated rings. The number of hydrogen-bond donors (Lipinski definition) is 3. The molecule has 0 aliphatic rings. The van der Waals surface area contributed by atoms with Gasteiger partial charge in [-0.15, -0.1) is 0 Å². The zero-order valence-corrected chi connectivity index (χ0v) is 13.6. The van der Waals surface area contributed by atoms with E-state index >= 15 is 0 Å². The molecule has 0 saturated carbocycles. The molecule has 118 valence electrons. The van der Waals surface area contributed by atoms with Gasteiger partial charge >= 0.3 is 6.03 Å². The highest BCUT2D eigenvalue weighted by atomic mass is 35.5. The number of hydrogen-bond acceptors (Lipinski definition) is 3. The predicted octanol–water partition coefficient (Wildman–Crippen LogP) is 2.76. The van der Waals surface area contributed by atoms with E-state index in [9.17, 15) is 9.90 Å². The summed E-state index contributed by atoms with van der Waals surface area (Å²) in [6.07, 6.45) is 3.24. The van der Waals surface area contributed by atoms with Crippen molar-refractivity contribution in [2.45, 2.75) is 12.5 Å². The monoisotopic (exact) mass is 342 g/mol. The molecule has 22 heavy (non-hydrogen) atoms. The zero-order chi connectivity index (χ0) is 16.3. The molecule has 2 aromatic rings. The predicted molar refractivity (Wildman–Crippen MR) is 86.3 cm³/mol. The minimum Gasteiger partial charge on any atom is -0.383 e. The second-order valence-electron chi connectivity index (χ2n) is 5.11. The summed E-state index contributed by atoms with van der Waals surface area (Å²) in [7, 11) is 1.75. The van der Waals surface area contributed by atoms with Gasteiger partial charge in [0.2, 0.25) is 0 Å². The summed E-state index contributed by atoms with van der Waals surface area (Å²) in [4.78, 5) is 11.9. The van der Waals surface area contributed by atoms with E-state index < -0.39 is 11.6 Å². The first-order valence-electron chi connectivity index (χ1n) is 6.49. The van der Waals surface area contributed by atoms with Crippen LogP contribution in [0.5, 0.6) is 0 Å². The van der Waals surface area contributed by atoms with Gasteiger partial charge in [0.1, 0.15) is 5.60 Å². The number of urea groups is 1. The number of carbonyl (C=O) groups is 1. The first kappa shape index (κ1) is 16.6. The molecule has 0 aliphatic heterocycles. The average Bonchev–Trinajstić information content (AvgIpc) is 2.88. The Balaban J connectivity index is 1.96. The molecule has 0 spiro atoms. The van der Waals surface area contributed by atoms with Crippen LogP contribution in [0.3, 0.4) is 0 Å². The molecule has 6 nitrogen and oxygen atoms in total. The molecule has 2 amide bonds. The van der Waals surface area contributed by atoms with Crippen LogP contribution in [0.25, 0.3) is 0 Å². The second-order valence-corrected chi connectivity index (χ2v) is 5.95. The first-order valence-corrected chi connectivity index (χ1v) is 7.25. The van der Waals surface area contributed by atoms with Crippen molar-refractivity contribution in [3.8, 4) is 0 Å². The Labute approximate surface area is 138 Å². The highest BCUT2D eigenvalue weighted by Crippen LogP contribution is 2.25. The molecule has 1 heterocycles. The number of aliphatic hydroxyl groups is 1. The van der Waals surface area contributed by atoms with Crippen molar-refractivity contribution in [1.82, 2.24) is 15.1 Å². The first-order chi connectivity index (χ1) is 10.3. The maximum atomic E-state index is 11.9. The minimum atomic E-state index is -1.23. The summed E-state index contributed by atoms with van der Waals surface area (Å²) < 4.78 is 1.58. The highest BCUT2D eigenvalue weighted by Gasteiger charge is 2.25. The van der Waals surface area contributed by atoms with E-state index in [2.05, 4.69) is 15.7 Å². The van der Waals surface area contributed by atoms with Crippen LogP contribution in [-0.4, -0.2) is 27.5 Å². The number of halogens is 2. The summed E-state index contributed by atoms with van der Waals surface area (Å²) in [5.74, 6) is 0. The lowest BCUT2D eigenvalue weighted by molar-refractivity contribution is 0.0599. The van der Waals surface area contributed by atoms with Crippen molar-refractivity contribution < 1.29 is 9.90 Å². The maximum absolute atomic E-state index is 11.9. The molecule has 0 radical (unpaired) electrons. The van der Waals surface area contributed by atoms with Crippen LogP contribution >= 0.6 is 23.2 Å². The van der Waals surface area contributed by atoms with Gasteiger partial charge in [0.15, 0.2) is 0 Å². The largest absolute Gasteiger partial charge is 0.383 e. The Morgan fingerprint density at radius 3 is 2.82 bits per heavy atom. The van der Waals surface area contributed by atoms with Crippen molar-refractivity contribution in [3.63, 3.8) is 0 Å². The van der Waals surface area contributed by atoms with Gasteiger partial charge in [-0.05, 0) is 25.1 Å². The Morgan fingerprint density at radius 1 is 1.45 bits per heavy atom. The summed E-state index contributed by atoms with van der Waals surface area (Å²) >= 11 is 11.8. The normalized spacial score (nSPS) is 13.5. The van der Waals surface area contributed by atoms with E-state index in [0.717, 1.165) is 0 Å². The minimum absolute atomic E-state index is 0.0166. The van der Waals surface area contributed by atoms with Crippen molar-refractivity contribution in [2.75, 3.05) is 11.9 Å². The standard InChI is InChI=1S/C14H16Cl2N4O2/c1-14(22,9-6-18-20(2)7-9)8-17-13(21)19-12-5-10(15)3-4-11(12)16/h3-7,22H,8H2,1-2H3,(H2,17,19,21)/t14-/m1/s1. The van der Waals surface area contributed by atoms with Crippen LogP contribution in [0.4, 0.5) is 10.5 Å². The number of nitrogens with zero attached hydrogens (tertiary/aromatic N) is 2. The molecule has 0 bridgehead atoms. The number of aryl methyl sites for hydroxylation is 1. The van der Waals surface area contributed by atoms with Gasteiger partial charge < -0.3 is 15.7 Å². The SMILES string of the molecule is Cn1cc([C@](C)(O)CNC(=O)Nc2cc(Cl)ccc2Cl)cn1. The molecule has 2 rings (SSSR count). The lowest BCUT2D eigenvalue weighted by atomic mass is 10.00. The number of amides is 2. The van der Waals surface area contributed by atoms with Gasteiger partial charge in [-0.3, -0.25) is 4.68 Å². The van der Waals surface area contributed by atoms with Crippen molar-refractivity contribution in [3.05, 3.63) is 46.2 Å². The van der Waals surface area contributed by atoms with Crippen molar-refractivity contribution >= 4 is 34.9 Å². The molecule has 1 aromatic carbocycles. The quantitative estimate of drug-likeness (QED) is 0.799. The Bertz CT molecular complexity index is 685. The summed E-state index contributed by atoms with van der Waals surface area (Å²) in [6.45, 7) is 1.61. The van der Waals surface area contributed by atoms with E-state index in [-0.39, 0.29) is 6.54 Å². The molecular formula is C14H16Cl2N4O2. The van der Waals surface area contributed by atoms with Gasteiger partial charge in [0, 0.05) is 23.8 Å². The fraction of sp³-hybridized carbons (Fsp3) is 0.286. The molecule has 1 aromatic heterocycles. The third-order valence-corrected chi connectivity index (χ3v) is 3.66. The third kappa shape index (κ3) is 4.13. The van der Waals surface area contributed by atoms with Crippen LogP contribution in [0, 0.1) is 0 Å². The van der Waals surface area contributed by atoms with Crippen LogP contribution in [0.2, 0.25) is 10.0 Å². The molecule has 1 atom stereocenters. The number of carbonyl (C=O) groups excluding carboxylic acids is 1. The number of benzene rings is 1. The zero-order valence-electron chi connectivity index (χ0n) is 12.1.